The molecule has 0 atom stereocenters. The van der Waals surface area contributed by atoms with E-state index in [1.165, 1.54) is 28.7 Å². The first kappa shape index (κ1) is 12.6. The minimum Gasteiger partial charge on any atom is -0.339 e. The summed E-state index contributed by atoms with van der Waals surface area (Å²) in [5, 5.41) is 0. The summed E-state index contributed by atoms with van der Waals surface area (Å²) in [5.74, 6) is 0.196. The van der Waals surface area contributed by atoms with Gasteiger partial charge in [-0.25, -0.2) is 0 Å². The zero-order valence-corrected chi connectivity index (χ0v) is 12.1. The molecule has 4 rings (SSSR count). The van der Waals surface area contributed by atoms with Gasteiger partial charge in [-0.3, -0.25) is 4.79 Å². The maximum Gasteiger partial charge on any atom is 0.253 e. The standard InChI is InChI=1S/C19H19NO/c21-19(20-10-4-1-5-11-20)16-9-8-15-12-14-6-2-3-7-17(14)18(15)13-16/h2-3,6-9,13H,1,4-5,10-12H2. The number of rotatable bonds is 1. The van der Waals surface area contributed by atoms with Crippen LogP contribution < -0.4 is 0 Å². The van der Waals surface area contributed by atoms with E-state index in [1.807, 2.05) is 11.0 Å². The summed E-state index contributed by atoms with van der Waals surface area (Å²) >= 11 is 0. The Morgan fingerprint density at radius 3 is 2.48 bits per heavy atom. The zero-order chi connectivity index (χ0) is 14.2. The van der Waals surface area contributed by atoms with Gasteiger partial charge in [-0.05, 0) is 60.1 Å². The van der Waals surface area contributed by atoms with Crippen LogP contribution in [0.3, 0.4) is 0 Å². The van der Waals surface area contributed by atoms with Crippen molar-refractivity contribution in [3.05, 3.63) is 59.2 Å². The van der Waals surface area contributed by atoms with Gasteiger partial charge in [0.15, 0.2) is 0 Å². The maximum atomic E-state index is 12.6. The van der Waals surface area contributed by atoms with Gasteiger partial charge >= 0.3 is 0 Å². The number of hydrogen-bond donors (Lipinski definition) is 0. The Bertz CT molecular complexity index is 698. The van der Waals surface area contributed by atoms with E-state index in [2.05, 4.69) is 36.4 Å². The van der Waals surface area contributed by atoms with Gasteiger partial charge in [-0.15, -0.1) is 0 Å². The number of nitrogens with zero attached hydrogens (tertiary/aromatic N) is 1. The fraction of sp³-hybridized carbons (Fsp3) is 0.316. The predicted molar refractivity (Wildman–Crippen MR) is 84.4 cm³/mol. The normalized spacial score (nSPS) is 16.5. The molecule has 106 valence electrons. The Kier molecular flexibility index (Phi) is 3.03. The molecule has 1 fully saturated rings. The van der Waals surface area contributed by atoms with Crippen LogP contribution in [0.2, 0.25) is 0 Å². The van der Waals surface area contributed by atoms with Gasteiger partial charge in [0.1, 0.15) is 0 Å². The van der Waals surface area contributed by atoms with Crippen LogP contribution >= 0.6 is 0 Å². The van der Waals surface area contributed by atoms with Crippen LogP contribution in [-0.2, 0) is 6.42 Å². The van der Waals surface area contributed by atoms with Gasteiger partial charge in [-0.2, -0.15) is 0 Å². The van der Waals surface area contributed by atoms with Crippen LogP contribution in [0, 0.1) is 0 Å². The SMILES string of the molecule is O=C(c1ccc2c(c1)-c1ccccc1C2)N1CCCCC1. The minimum atomic E-state index is 0.196. The van der Waals surface area contributed by atoms with Crippen LogP contribution in [0.5, 0.6) is 0 Å². The topological polar surface area (TPSA) is 20.3 Å². The average Bonchev–Trinajstić information content (AvgIpc) is 2.93. The number of benzene rings is 2. The highest BCUT2D eigenvalue weighted by atomic mass is 16.2. The van der Waals surface area contributed by atoms with E-state index >= 15 is 0 Å². The number of likely N-dealkylation sites (tertiary alicyclic amines) is 1. The molecule has 0 saturated carbocycles. The van der Waals surface area contributed by atoms with Gasteiger partial charge in [-0.1, -0.05) is 30.3 Å². The molecule has 2 heteroatoms. The molecule has 0 aromatic heterocycles. The second kappa shape index (κ2) is 5.03. The molecule has 0 unspecified atom stereocenters. The van der Waals surface area contributed by atoms with E-state index in [0.717, 1.165) is 37.9 Å². The van der Waals surface area contributed by atoms with Gasteiger partial charge in [0, 0.05) is 18.7 Å². The lowest BCUT2D eigenvalue weighted by atomic mass is 10.0. The third-order valence-corrected chi connectivity index (χ3v) is 4.69. The molecule has 1 aliphatic carbocycles. The summed E-state index contributed by atoms with van der Waals surface area (Å²) in [6, 6.07) is 14.7. The second-order valence-electron chi connectivity index (χ2n) is 6.06. The summed E-state index contributed by atoms with van der Waals surface area (Å²) < 4.78 is 0. The van der Waals surface area contributed by atoms with E-state index in [0.29, 0.717) is 0 Å². The third kappa shape index (κ3) is 2.15. The molecule has 2 aromatic rings. The number of piperidine rings is 1. The molecular weight excluding hydrogens is 258 g/mol. The highest BCUT2D eigenvalue weighted by Crippen LogP contribution is 2.37. The van der Waals surface area contributed by atoms with Gasteiger partial charge in [0.05, 0.1) is 0 Å². The van der Waals surface area contributed by atoms with Crippen molar-refractivity contribution < 1.29 is 4.79 Å². The highest BCUT2D eigenvalue weighted by molar-refractivity contribution is 5.96. The smallest absolute Gasteiger partial charge is 0.253 e. The highest BCUT2D eigenvalue weighted by Gasteiger charge is 2.22. The molecule has 21 heavy (non-hydrogen) atoms. The van der Waals surface area contributed by atoms with E-state index in [1.54, 1.807) is 0 Å². The van der Waals surface area contributed by atoms with E-state index in [4.69, 9.17) is 0 Å². The lowest BCUT2D eigenvalue weighted by Crippen LogP contribution is -2.35. The van der Waals surface area contributed by atoms with Gasteiger partial charge in [0.25, 0.3) is 5.91 Å². The van der Waals surface area contributed by atoms with E-state index in [-0.39, 0.29) is 5.91 Å². The van der Waals surface area contributed by atoms with Crippen molar-refractivity contribution in [2.24, 2.45) is 0 Å². The zero-order valence-electron chi connectivity index (χ0n) is 12.1. The first-order valence-electron chi connectivity index (χ1n) is 7.83. The molecule has 1 saturated heterocycles. The van der Waals surface area contributed by atoms with Crippen LogP contribution in [0.15, 0.2) is 42.5 Å². The molecule has 2 aliphatic rings. The molecular formula is C19H19NO. The Morgan fingerprint density at radius 1 is 0.857 bits per heavy atom. The lowest BCUT2D eigenvalue weighted by molar-refractivity contribution is 0.0724. The average molecular weight is 277 g/mol. The molecule has 0 radical (unpaired) electrons. The molecule has 0 N–H and O–H groups in total. The Labute approximate surface area is 125 Å². The third-order valence-electron chi connectivity index (χ3n) is 4.69. The fourth-order valence-corrected chi connectivity index (χ4v) is 3.54. The van der Waals surface area contributed by atoms with Crippen molar-refractivity contribution in [1.29, 1.82) is 0 Å². The Morgan fingerprint density at radius 2 is 1.62 bits per heavy atom. The molecule has 0 bridgehead atoms. The molecule has 1 heterocycles. The monoisotopic (exact) mass is 277 g/mol. The largest absolute Gasteiger partial charge is 0.339 e. The second-order valence-corrected chi connectivity index (χ2v) is 6.06. The van der Waals surface area contributed by atoms with Crippen molar-refractivity contribution in [3.63, 3.8) is 0 Å². The number of carbonyl (C=O) groups is 1. The van der Waals surface area contributed by atoms with E-state index in [9.17, 15) is 4.79 Å². The van der Waals surface area contributed by atoms with Crippen molar-refractivity contribution in [2.75, 3.05) is 13.1 Å². The molecule has 1 amide bonds. The Balaban J connectivity index is 1.69. The number of amides is 1. The van der Waals surface area contributed by atoms with Crippen molar-refractivity contribution in [3.8, 4) is 11.1 Å². The van der Waals surface area contributed by atoms with Crippen LogP contribution in [-0.4, -0.2) is 23.9 Å². The van der Waals surface area contributed by atoms with Crippen molar-refractivity contribution in [1.82, 2.24) is 4.90 Å². The van der Waals surface area contributed by atoms with Crippen molar-refractivity contribution in [2.45, 2.75) is 25.7 Å². The maximum absolute atomic E-state index is 12.6. The summed E-state index contributed by atoms with van der Waals surface area (Å²) in [4.78, 5) is 14.6. The van der Waals surface area contributed by atoms with Crippen molar-refractivity contribution >= 4 is 5.91 Å². The van der Waals surface area contributed by atoms with E-state index < -0.39 is 0 Å². The number of hydrogen-bond acceptors (Lipinski definition) is 1. The van der Waals surface area contributed by atoms with Gasteiger partial charge in [0.2, 0.25) is 0 Å². The van der Waals surface area contributed by atoms with Crippen LogP contribution in [0.1, 0.15) is 40.7 Å². The first-order valence-corrected chi connectivity index (χ1v) is 7.83. The Hall–Kier alpha value is -2.09. The summed E-state index contributed by atoms with van der Waals surface area (Å²) in [7, 11) is 0. The lowest BCUT2D eigenvalue weighted by Gasteiger charge is -2.26. The molecule has 0 spiro atoms. The number of fused-ring (bicyclic) bond motifs is 3. The van der Waals surface area contributed by atoms with Gasteiger partial charge < -0.3 is 4.90 Å². The summed E-state index contributed by atoms with van der Waals surface area (Å²) in [6.07, 6.45) is 4.52. The number of carbonyl (C=O) groups excluding carboxylic acids is 1. The molecule has 2 aromatic carbocycles. The molecule has 1 aliphatic heterocycles. The summed E-state index contributed by atoms with van der Waals surface area (Å²) in [5.41, 5.74) is 6.09. The quantitative estimate of drug-likeness (QED) is 0.661. The predicted octanol–water partition coefficient (Wildman–Crippen LogP) is 3.88. The minimum absolute atomic E-state index is 0.196. The summed E-state index contributed by atoms with van der Waals surface area (Å²) in [6.45, 7) is 1.82. The first-order chi connectivity index (χ1) is 10.3. The fourth-order valence-electron chi connectivity index (χ4n) is 3.54. The molecule has 2 nitrogen and oxygen atoms in total. The van der Waals surface area contributed by atoms with Crippen LogP contribution in [0.4, 0.5) is 0 Å². The van der Waals surface area contributed by atoms with Crippen LogP contribution in [0.25, 0.3) is 11.1 Å².